The monoisotopic (exact) mass is 397 g/mol. The third kappa shape index (κ3) is 4.25. The Balaban J connectivity index is 1.54. The minimum absolute atomic E-state index is 0.00204. The molecule has 0 aliphatic heterocycles. The lowest BCUT2D eigenvalue weighted by Crippen LogP contribution is -2.25. The van der Waals surface area contributed by atoms with E-state index in [0.717, 1.165) is 34.3 Å². The quantitative estimate of drug-likeness (QED) is 0.640. The van der Waals surface area contributed by atoms with Crippen LogP contribution >= 0.6 is 23.4 Å². The van der Waals surface area contributed by atoms with E-state index >= 15 is 0 Å². The summed E-state index contributed by atoms with van der Waals surface area (Å²) in [5.74, 6) is 0.368. The lowest BCUT2D eigenvalue weighted by atomic mass is 9.94. The number of hydrogen-bond acceptors (Lipinski definition) is 4. The molecule has 1 N–H and O–H groups in total. The Morgan fingerprint density at radius 1 is 1.19 bits per heavy atom. The topological polar surface area (TPSA) is 54.9 Å². The van der Waals surface area contributed by atoms with Crippen molar-refractivity contribution in [3.05, 3.63) is 64.6 Å². The Morgan fingerprint density at radius 2 is 2.07 bits per heavy atom. The molecule has 0 atom stereocenters. The average molecular weight is 398 g/mol. The Labute approximate surface area is 167 Å². The number of aryl methyl sites for hydroxylation is 1. The molecule has 1 aromatic carbocycles. The fraction of sp³-hybridized carbons (Fsp3) is 0.286. The average Bonchev–Trinajstić information content (AvgIpc) is 2.70. The standard InChI is InChI=1S/C21H20ClN3OS/c22-14-8-9-19-17(11-14)21(16-6-1-2-7-18(16)25-19)27-13-20(26)24-12-15-5-3-4-10-23-15/h3-5,8-11H,1-2,6-7,12-13H2,(H,24,26). The number of thioether (sulfide) groups is 1. The molecule has 1 aliphatic carbocycles. The summed E-state index contributed by atoms with van der Waals surface area (Å²) < 4.78 is 0. The van der Waals surface area contributed by atoms with E-state index in [1.165, 1.54) is 24.1 Å². The number of pyridine rings is 2. The smallest absolute Gasteiger partial charge is 0.230 e. The Hall–Kier alpha value is -2.11. The van der Waals surface area contributed by atoms with Crippen molar-refractivity contribution in [3.8, 4) is 0 Å². The van der Waals surface area contributed by atoms with Gasteiger partial charge in [0.25, 0.3) is 0 Å². The molecule has 0 radical (unpaired) electrons. The first-order chi connectivity index (χ1) is 13.2. The molecule has 1 amide bonds. The minimum Gasteiger partial charge on any atom is -0.350 e. The number of aromatic nitrogens is 2. The summed E-state index contributed by atoms with van der Waals surface area (Å²) in [4.78, 5) is 22.6. The third-order valence-corrected chi connectivity index (χ3v) is 6.11. The highest BCUT2D eigenvalue weighted by molar-refractivity contribution is 8.00. The molecular weight excluding hydrogens is 378 g/mol. The number of nitrogens with zero attached hydrogens (tertiary/aromatic N) is 2. The molecule has 0 fully saturated rings. The number of carbonyl (C=O) groups is 1. The molecule has 27 heavy (non-hydrogen) atoms. The molecule has 0 bridgehead atoms. The first kappa shape index (κ1) is 18.3. The van der Waals surface area contributed by atoms with Gasteiger partial charge in [0, 0.05) is 27.2 Å². The Morgan fingerprint density at radius 3 is 2.93 bits per heavy atom. The van der Waals surface area contributed by atoms with Crippen LogP contribution in [0.1, 0.15) is 29.8 Å². The molecular formula is C21H20ClN3OS. The van der Waals surface area contributed by atoms with Crippen molar-refractivity contribution >= 4 is 40.2 Å². The van der Waals surface area contributed by atoms with E-state index < -0.39 is 0 Å². The van der Waals surface area contributed by atoms with Gasteiger partial charge in [-0.2, -0.15) is 0 Å². The number of rotatable bonds is 5. The van der Waals surface area contributed by atoms with Gasteiger partial charge >= 0.3 is 0 Å². The number of amides is 1. The maximum absolute atomic E-state index is 12.4. The number of halogens is 1. The zero-order chi connectivity index (χ0) is 18.6. The van der Waals surface area contributed by atoms with Crippen LogP contribution in [0.2, 0.25) is 5.02 Å². The molecule has 0 saturated carbocycles. The number of benzene rings is 1. The zero-order valence-electron chi connectivity index (χ0n) is 14.9. The first-order valence-electron chi connectivity index (χ1n) is 9.11. The van der Waals surface area contributed by atoms with Gasteiger partial charge in [-0.15, -0.1) is 11.8 Å². The normalized spacial score (nSPS) is 13.4. The van der Waals surface area contributed by atoms with E-state index in [0.29, 0.717) is 17.3 Å². The fourth-order valence-corrected chi connectivity index (χ4v) is 4.66. The van der Waals surface area contributed by atoms with Crippen LogP contribution in [0.3, 0.4) is 0 Å². The van der Waals surface area contributed by atoms with E-state index in [1.807, 2.05) is 36.4 Å². The molecule has 1 aliphatic rings. The van der Waals surface area contributed by atoms with Crippen LogP contribution in [0.25, 0.3) is 10.9 Å². The van der Waals surface area contributed by atoms with Gasteiger partial charge < -0.3 is 5.32 Å². The van der Waals surface area contributed by atoms with E-state index in [1.54, 1.807) is 18.0 Å². The molecule has 2 aromatic heterocycles. The van der Waals surface area contributed by atoms with Crippen LogP contribution in [0.4, 0.5) is 0 Å². The SMILES string of the molecule is O=C(CSc1c2c(nc3ccc(Cl)cc13)CCCC2)NCc1ccccn1. The molecule has 0 spiro atoms. The van der Waals surface area contributed by atoms with E-state index in [-0.39, 0.29) is 5.91 Å². The van der Waals surface area contributed by atoms with Gasteiger partial charge in [0.05, 0.1) is 23.5 Å². The second-order valence-corrected chi connectivity index (χ2v) is 8.04. The van der Waals surface area contributed by atoms with Gasteiger partial charge in [0.15, 0.2) is 0 Å². The number of nitrogens with one attached hydrogen (secondary N) is 1. The van der Waals surface area contributed by atoms with Gasteiger partial charge in [0.1, 0.15) is 0 Å². The molecule has 3 aromatic rings. The lowest BCUT2D eigenvalue weighted by Gasteiger charge is -2.20. The molecule has 0 unspecified atom stereocenters. The van der Waals surface area contributed by atoms with Crippen molar-refractivity contribution in [2.24, 2.45) is 0 Å². The summed E-state index contributed by atoms with van der Waals surface area (Å²) in [6.45, 7) is 0.446. The van der Waals surface area contributed by atoms with Crippen molar-refractivity contribution in [1.82, 2.24) is 15.3 Å². The minimum atomic E-state index is 0.00204. The predicted octanol–water partition coefficient (Wildman–Crippen LogP) is 4.57. The van der Waals surface area contributed by atoms with Crippen LogP contribution in [0, 0.1) is 0 Å². The Kier molecular flexibility index (Phi) is 5.60. The highest BCUT2D eigenvalue weighted by atomic mass is 35.5. The van der Waals surface area contributed by atoms with Crippen LogP contribution in [-0.4, -0.2) is 21.6 Å². The maximum Gasteiger partial charge on any atom is 0.230 e. The molecule has 6 heteroatoms. The summed E-state index contributed by atoms with van der Waals surface area (Å²) in [7, 11) is 0. The second-order valence-electron chi connectivity index (χ2n) is 6.62. The highest BCUT2D eigenvalue weighted by Crippen LogP contribution is 2.36. The van der Waals surface area contributed by atoms with Gasteiger partial charge in [-0.3, -0.25) is 14.8 Å². The van der Waals surface area contributed by atoms with E-state index in [9.17, 15) is 4.79 Å². The fourth-order valence-electron chi connectivity index (χ4n) is 3.40. The second kappa shape index (κ2) is 8.28. The summed E-state index contributed by atoms with van der Waals surface area (Å²) in [6, 6.07) is 11.5. The third-order valence-electron chi connectivity index (χ3n) is 4.71. The molecule has 0 saturated heterocycles. The van der Waals surface area contributed by atoms with Gasteiger partial charge in [0.2, 0.25) is 5.91 Å². The zero-order valence-corrected chi connectivity index (χ0v) is 16.4. The lowest BCUT2D eigenvalue weighted by molar-refractivity contribution is -0.118. The first-order valence-corrected chi connectivity index (χ1v) is 10.5. The highest BCUT2D eigenvalue weighted by Gasteiger charge is 2.19. The maximum atomic E-state index is 12.4. The van der Waals surface area contributed by atoms with Gasteiger partial charge in [-0.1, -0.05) is 17.7 Å². The summed E-state index contributed by atoms with van der Waals surface area (Å²) >= 11 is 7.82. The summed E-state index contributed by atoms with van der Waals surface area (Å²) in [6.07, 6.45) is 6.10. The molecule has 4 rings (SSSR count). The van der Waals surface area contributed by atoms with Crippen molar-refractivity contribution in [1.29, 1.82) is 0 Å². The van der Waals surface area contributed by atoms with Crippen molar-refractivity contribution in [3.63, 3.8) is 0 Å². The van der Waals surface area contributed by atoms with Crippen molar-refractivity contribution in [2.75, 3.05) is 5.75 Å². The van der Waals surface area contributed by atoms with Crippen LogP contribution in [-0.2, 0) is 24.2 Å². The number of carbonyl (C=O) groups excluding carboxylic acids is 1. The number of fused-ring (bicyclic) bond motifs is 2. The molecule has 2 heterocycles. The van der Waals surface area contributed by atoms with Crippen LogP contribution in [0.15, 0.2) is 47.5 Å². The largest absolute Gasteiger partial charge is 0.350 e. The van der Waals surface area contributed by atoms with Gasteiger partial charge in [-0.25, -0.2) is 0 Å². The molecule has 138 valence electrons. The van der Waals surface area contributed by atoms with Crippen LogP contribution < -0.4 is 5.32 Å². The number of hydrogen-bond donors (Lipinski definition) is 1. The van der Waals surface area contributed by atoms with Gasteiger partial charge in [-0.05, 0) is 61.6 Å². The van der Waals surface area contributed by atoms with E-state index in [2.05, 4.69) is 10.3 Å². The van der Waals surface area contributed by atoms with Crippen molar-refractivity contribution in [2.45, 2.75) is 37.1 Å². The predicted molar refractivity (Wildman–Crippen MR) is 110 cm³/mol. The Bertz CT molecular complexity index is 978. The van der Waals surface area contributed by atoms with Crippen LogP contribution in [0.5, 0.6) is 0 Å². The summed E-state index contributed by atoms with van der Waals surface area (Å²) in [5, 5.41) is 4.69. The van der Waals surface area contributed by atoms with Crippen molar-refractivity contribution < 1.29 is 4.79 Å². The van der Waals surface area contributed by atoms with E-state index in [4.69, 9.17) is 16.6 Å². The summed E-state index contributed by atoms with van der Waals surface area (Å²) in [5.41, 5.74) is 4.27. The molecule has 4 nitrogen and oxygen atoms in total.